The van der Waals surface area contributed by atoms with E-state index in [1.165, 1.54) is 26.4 Å². The van der Waals surface area contributed by atoms with E-state index in [1.54, 1.807) is 24.3 Å². The first-order valence-corrected chi connectivity index (χ1v) is 7.48. The number of ether oxygens (including phenoxy) is 3. The summed E-state index contributed by atoms with van der Waals surface area (Å²) in [6, 6.07) is 9.21. The number of methoxy groups -OCH3 is 2. The Labute approximate surface area is 149 Å². The molecule has 25 heavy (non-hydrogen) atoms. The van der Waals surface area contributed by atoms with Crippen molar-refractivity contribution in [1.29, 1.82) is 0 Å². The number of hydrogen-bond donors (Lipinski definition) is 1. The summed E-state index contributed by atoms with van der Waals surface area (Å²) in [4.78, 5) is 23.3. The Kier molecular flexibility index (Phi) is 6.08. The molecular formula is C17H15ClNO6-. The van der Waals surface area contributed by atoms with Gasteiger partial charge in [0.05, 0.1) is 30.9 Å². The first kappa shape index (κ1) is 18.4. The SMILES string of the molecule is COc1cc(NC(=O)COc2ccccc2Cl)c(C(=O)[O-])cc1OC. The zero-order chi connectivity index (χ0) is 18.4. The number of nitrogens with one attached hydrogen (secondary N) is 1. The third-order valence-corrected chi connectivity index (χ3v) is 3.53. The smallest absolute Gasteiger partial charge is 0.262 e. The van der Waals surface area contributed by atoms with Gasteiger partial charge in [-0.25, -0.2) is 0 Å². The number of carbonyl (C=O) groups excluding carboxylic acids is 2. The van der Waals surface area contributed by atoms with E-state index in [0.717, 1.165) is 0 Å². The highest BCUT2D eigenvalue weighted by atomic mass is 35.5. The fourth-order valence-electron chi connectivity index (χ4n) is 2.04. The van der Waals surface area contributed by atoms with E-state index in [2.05, 4.69) is 5.32 Å². The maximum Gasteiger partial charge on any atom is 0.262 e. The van der Waals surface area contributed by atoms with Crippen LogP contribution in [0.5, 0.6) is 17.2 Å². The van der Waals surface area contributed by atoms with E-state index in [0.29, 0.717) is 10.8 Å². The maximum absolute atomic E-state index is 12.1. The van der Waals surface area contributed by atoms with Gasteiger partial charge < -0.3 is 29.4 Å². The quantitative estimate of drug-likeness (QED) is 0.803. The van der Waals surface area contributed by atoms with Crippen LogP contribution in [0.2, 0.25) is 5.02 Å². The van der Waals surface area contributed by atoms with Gasteiger partial charge in [0.2, 0.25) is 0 Å². The molecule has 0 heterocycles. The number of para-hydroxylation sites is 1. The molecule has 0 saturated carbocycles. The Morgan fingerprint density at radius 1 is 1.08 bits per heavy atom. The number of carbonyl (C=O) groups is 2. The normalized spacial score (nSPS) is 10.0. The standard InChI is InChI=1S/C17H16ClNO6/c1-23-14-7-10(17(21)22)12(8-15(14)24-2)19-16(20)9-25-13-6-4-3-5-11(13)18/h3-8H,9H2,1-2H3,(H,19,20)(H,21,22)/p-1. The van der Waals surface area contributed by atoms with E-state index in [-0.39, 0.29) is 29.4 Å². The number of amides is 1. The summed E-state index contributed by atoms with van der Waals surface area (Å²) in [6.07, 6.45) is 0. The monoisotopic (exact) mass is 364 g/mol. The lowest BCUT2D eigenvalue weighted by molar-refractivity contribution is -0.254. The van der Waals surface area contributed by atoms with Crippen LogP contribution in [0.25, 0.3) is 0 Å². The molecular weight excluding hydrogens is 350 g/mol. The van der Waals surface area contributed by atoms with Crippen molar-refractivity contribution in [3.63, 3.8) is 0 Å². The van der Waals surface area contributed by atoms with Crippen LogP contribution in [0.3, 0.4) is 0 Å². The highest BCUT2D eigenvalue weighted by Crippen LogP contribution is 2.33. The van der Waals surface area contributed by atoms with E-state index in [1.807, 2.05) is 0 Å². The molecule has 132 valence electrons. The van der Waals surface area contributed by atoms with Gasteiger partial charge in [0.1, 0.15) is 5.75 Å². The van der Waals surface area contributed by atoms with Crippen molar-refractivity contribution in [3.8, 4) is 17.2 Å². The first-order valence-electron chi connectivity index (χ1n) is 7.10. The third kappa shape index (κ3) is 4.54. The molecule has 0 aliphatic rings. The fraction of sp³-hybridized carbons (Fsp3) is 0.176. The number of carboxylic acid groups (broad SMARTS) is 1. The number of rotatable bonds is 7. The van der Waals surface area contributed by atoms with Crippen molar-refractivity contribution in [1.82, 2.24) is 0 Å². The number of halogens is 1. The van der Waals surface area contributed by atoms with Crippen molar-refractivity contribution < 1.29 is 28.9 Å². The van der Waals surface area contributed by atoms with Gasteiger partial charge in [0.15, 0.2) is 18.1 Å². The number of carboxylic acids is 1. The van der Waals surface area contributed by atoms with Gasteiger partial charge in [-0.05, 0) is 18.2 Å². The van der Waals surface area contributed by atoms with E-state index >= 15 is 0 Å². The van der Waals surface area contributed by atoms with Gasteiger partial charge in [0, 0.05) is 11.6 Å². The van der Waals surface area contributed by atoms with Gasteiger partial charge in [-0.2, -0.15) is 0 Å². The molecule has 2 rings (SSSR count). The van der Waals surface area contributed by atoms with Crippen LogP contribution in [0.4, 0.5) is 5.69 Å². The average molecular weight is 365 g/mol. The lowest BCUT2D eigenvalue weighted by Crippen LogP contribution is -2.26. The summed E-state index contributed by atoms with van der Waals surface area (Å²) in [5.41, 5.74) is -0.242. The van der Waals surface area contributed by atoms with Crippen molar-refractivity contribution in [2.75, 3.05) is 26.1 Å². The second-order valence-electron chi connectivity index (χ2n) is 4.81. The summed E-state index contributed by atoms with van der Waals surface area (Å²) in [5, 5.41) is 14.1. The molecule has 0 radical (unpaired) electrons. The predicted molar refractivity (Wildman–Crippen MR) is 89.5 cm³/mol. The molecule has 0 fully saturated rings. The molecule has 0 aliphatic carbocycles. The second-order valence-corrected chi connectivity index (χ2v) is 5.21. The van der Waals surface area contributed by atoms with Crippen molar-refractivity contribution in [2.24, 2.45) is 0 Å². The van der Waals surface area contributed by atoms with Crippen LogP contribution in [-0.2, 0) is 4.79 Å². The molecule has 2 aromatic rings. The van der Waals surface area contributed by atoms with Crippen LogP contribution < -0.4 is 24.6 Å². The van der Waals surface area contributed by atoms with Crippen LogP contribution in [-0.4, -0.2) is 32.7 Å². The molecule has 7 nitrogen and oxygen atoms in total. The Morgan fingerprint density at radius 3 is 2.32 bits per heavy atom. The van der Waals surface area contributed by atoms with Gasteiger partial charge >= 0.3 is 0 Å². The zero-order valence-electron chi connectivity index (χ0n) is 13.5. The van der Waals surface area contributed by atoms with Crippen LogP contribution >= 0.6 is 11.6 Å². The summed E-state index contributed by atoms with van der Waals surface area (Å²) in [7, 11) is 2.76. The number of anilines is 1. The Morgan fingerprint density at radius 2 is 1.72 bits per heavy atom. The minimum absolute atomic E-state index is 0.00501. The molecule has 0 unspecified atom stereocenters. The minimum atomic E-state index is -1.47. The van der Waals surface area contributed by atoms with Crippen molar-refractivity contribution >= 4 is 29.2 Å². The van der Waals surface area contributed by atoms with Gasteiger partial charge in [-0.15, -0.1) is 0 Å². The highest BCUT2D eigenvalue weighted by molar-refractivity contribution is 6.32. The van der Waals surface area contributed by atoms with Gasteiger partial charge in [-0.3, -0.25) is 4.79 Å². The Balaban J connectivity index is 2.16. The molecule has 0 saturated heterocycles. The number of aromatic carboxylic acids is 1. The lowest BCUT2D eigenvalue weighted by Gasteiger charge is -2.16. The van der Waals surface area contributed by atoms with E-state index < -0.39 is 11.9 Å². The number of benzene rings is 2. The molecule has 1 N–H and O–H groups in total. The predicted octanol–water partition coefficient (Wildman–Crippen LogP) is 1.74. The largest absolute Gasteiger partial charge is 0.545 e. The molecule has 8 heteroatoms. The molecule has 0 bridgehead atoms. The van der Waals surface area contributed by atoms with Crippen molar-refractivity contribution in [3.05, 3.63) is 47.0 Å². The van der Waals surface area contributed by atoms with Gasteiger partial charge in [-0.1, -0.05) is 23.7 Å². The zero-order valence-corrected chi connectivity index (χ0v) is 14.3. The Hall–Kier alpha value is -2.93. The molecule has 0 aromatic heterocycles. The van der Waals surface area contributed by atoms with Gasteiger partial charge in [0.25, 0.3) is 5.91 Å². The molecule has 0 aliphatic heterocycles. The first-order chi connectivity index (χ1) is 12.0. The maximum atomic E-state index is 12.1. The van der Waals surface area contributed by atoms with Crippen molar-refractivity contribution in [2.45, 2.75) is 0 Å². The van der Waals surface area contributed by atoms with Crippen LogP contribution in [0.15, 0.2) is 36.4 Å². The fourth-order valence-corrected chi connectivity index (χ4v) is 2.23. The number of hydrogen-bond acceptors (Lipinski definition) is 6. The highest BCUT2D eigenvalue weighted by Gasteiger charge is 2.15. The molecule has 0 atom stereocenters. The summed E-state index contributed by atoms with van der Waals surface area (Å²) >= 11 is 5.93. The topological polar surface area (TPSA) is 96.9 Å². The summed E-state index contributed by atoms with van der Waals surface area (Å²) in [6.45, 7) is -0.357. The molecule has 2 aromatic carbocycles. The second kappa shape index (κ2) is 8.25. The van der Waals surface area contributed by atoms with Crippen LogP contribution in [0, 0.1) is 0 Å². The molecule has 0 spiro atoms. The van der Waals surface area contributed by atoms with E-state index in [9.17, 15) is 14.7 Å². The lowest BCUT2D eigenvalue weighted by atomic mass is 10.1. The average Bonchev–Trinajstić information content (AvgIpc) is 2.60. The summed E-state index contributed by atoms with van der Waals surface area (Å²) < 4.78 is 15.4. The minimum Gasteiger partial charge on any atom is -0.545 e. The summed E-state index contributed by atoms with van der Waals surface area (Å²) in [5.74, 6) is -1.24. The molecule has 1 amide bonds. The Bertz CT molecular complexity index is 793. The third-order valence-electron chi connectivity index (χ3n) is 3.21. The van der Waals surface area contributed by atoms with Crippen LogP contribution in [0.1, 0.15) is 10.4 Å². The van der Waals surface area contributed by atoms with E-state index in [4.69, 9.17) is 25.8 Å².